The van der Waals surface area contributed by atoms with Crippen LogP contribution in [0.5, 0.6) is 0 Å². The van der Waals surface area contributed by atoms with Crippen LogP contribution in [-0.2, 0) is 4.79 Å². The minimum absolute atomic E-state index is 0.00455. The van der Waals surface area contributed by atoms with E-state index in [0.29, 0.717) is 17.7 Å². The van der Waals surface area contributed by atoms with E-state index >= 15 is 0 Å². The number of hydrazone groups is 1. The number of carbonyl (C=O) groups is 2. The summed E-state index contributed by atoms with van der Waals surface area (Å²) in [5.41, 5.74) is 5.79. The lowest BCUT2D eigenvalue weighted by Gasteiger charge is -2.20. The molecule has 6 heteroatoms. The molecule has 0 aliphatic heterocycles. The van der Waals surface area contributed by atoms with Crippen molar-refractivity contribution in [3.8, 4) is 0 Å². The minimum atomic E-state index is -0.298. The van der Waals surface area contributed by atoms with Gasteiger partial charge < -0.3 is 10.2 Å². The Morgan fingerprint density at radius 3 is 2.19 bits per heavy atom. The molecule has 0 saturated heterocycles. The highest BCUT2D eigenvalue weighted by molar-refractivity contribution is 5.96. The molecule has 0 atom stereocenters. The van der Waals surface area contributed by atoms with Crippen molar-refractivity contribution < 1.29 is 9.59 Å². The van der Waals surface area contributed by atoms with Crippen molar-refractivity contribution in [2.24, 2.45) is 5.10 Å². The Bertz CT molecular complexity index is 841. The maximum Gasteiger partial charge on any atom is 0.271 e. The molecule has 166 valence electrons. The van der Waals surface area contributed by atoms with Gasteiger partial charge in [-0.1, -0.05) is 38.3 Å². The fourth-order valence-electron chi connectivity index (χ4n) is 3.23. The van der Waals surface area contributed by atoms with Gasteiger partial charge in [-0.15, -0.1) is 0 Å². The molecule has 0 saturated carbocycles. The third-order valence-corrected chi connectivity index (χ3v) is 5.09. The van der Waals surface area contributed by atoms with Gasteiger partial charge in [0.05, 0.1) is 6.21 Å². The Morgan fingerprint density at radius 2 is 1.58 bits per heavy atom. The van der Waals surface area contributed by atoms with Crippen molar-refractivity contribution in [3.63, 3.8) is 0 Å². The SMILES string of the molecule is CCCCCCC(=O)Nc1ccc(C(=O)NN=Cc2ccc(N(CC)CC)cc2)cc1. The molecule has 6 nitrogen and oxygen atoms in total. The fourth-order valence-corrected chi connectivity index (χ4v) is 3.23. The van der Waals surface area contributed by atoms with Crippen molar-refractivity contribution in [1.29, 1.82) is 0 Å². The van der Waals surface area contributed by atoms with E-state index in [1.165, 1.54) is 5.69 Å². The minimum Gasteiger partial charge on any atom is -0.372 e. The number of carbonyl (C=O) groups excluding carboxylic acids is 2. The highest BCUT2D eigenvalue weighted by Gasteiger charge is 2.06. The topological polar surface area (TPSA) is 73.8 Å². The lowest BCUT2D eigenvalue weighted by molar-refractivity contribution is -0.116. The van der Waals surface area contributed by atoms with Gasteiger partial charge in [0, 0.05) is 36.4 Å². The maximum absolute atomic E-state index is 12.3. The first-order valence-corrected chi connectivity index (χ1v) is 11.2. The number of rotatable bonds is 12. The van der Waals surface area contributed by atoms with Crippen LogP contribution in [0, 0.1) is 0 Å². The molecule has 0 heterocycles. The summed E-state index contributed by atoms with van der Waals surface area (Å²) < 4.78 is 0. The van der Waals surface area contributed by atoms with Crippen LogP contribution in [-0.4, -0.2) is 31.1 Å². The smallest absolute Gasteiger partial charge is 0.271 e. The Labute approximate surface area is 185 Å². The first-order valence-electron chi connectivity index (χ1n) is 11.2. The average molecular weight is 423 g/mol. The van der Waals surface area contributed by atoms with Crippen LogP contribution in [0.1, 0.15) is 68.8 Å². The zero-order valence-corrected chi connectivity index (χ0v) is 18.9. The molecular formula is C25H34N4O2. The number of benzene rings is 2. The van der Waals surface area contributed by atoms with E-state index in [9.17, 15) is 9.59 Å². The average Bonchev–Trinajstić information content (AvgIpc) is 2.79. The van der Waals surface area contributed by atoms with Crippen LogP contribution >= 0.6 is 0 Å². The van der Waals surface area contributed by atoms with E-state index in [-0.39, 0.29) is 11.8 Å². The van der Waals surface area contributed by atoms with Crippen LogP contribution in [0.4, 0.5) is 11.4 Å². The summed E-state index contributed by atoms with van der Waals surface area (Å²) in [7, 11) is 0. The number of nitrogens with one attached hydrogen (secondary N) is 2. The molecule has 2 amide bonds. The molecule has 2 aromatic carbocycles. The Balaban J connectivity index is 1.82. The number of hydrogen-bond acceptors (Lipinski definition) is 4. The number of unbranched alkanes of at least 4 members (excludes halogenated alkanes) is 3. The van der Waals surface area contributed by atoms with Gasteiger partial charge in [0.1, 0.15) is 0 Å². The summed E-state index contributed by atoms with van der Waals surface area (Å²) in [5, 5.41) is 6.91. The number of nitrogens with zero attached hydrogens (tertiary/aromatic N) is 2. The van der Waals surface area contributed by atoms with Crippen molar-refractivity contribution in [3.05, 3.63) is 59.7 Å². The molecule has 2 rings (SSSR count). The number of anilines is 2. The predicted octanol–water partition coefficient (Wildman–Crippen LogP) is 5.21. The second-order valence-corrected chi connectivity index (χ2v) is 7.40. The van der Waals surface area contributed by atoms with E-state index in [2.05, 4.69) is 41.5 Å². The van der Waals surface area contributed by atoms with E-state index < -0.39 is 0 Å². The Hall–Kier alpha value is -3.15. The van der Waals surface area contributed by atoms with Gasteiger partial charge in [-0.3, -0.25) is 9.59 Å². The molecule has 2 N–H and O–H groups in total. The van der Waals surface area contributed by atoms with Crippen LogP contribution in [0.15, 0.2) is 53.6 Å². The lowest BCUT2D eigenvalue weighted by atomic mass is 10.1. The third kappa shape index (κ3) is 8.24. The molecule has 31 heavy (non-hydrogen) atoms. The van der Waals surface area contributed by atoms with E-state index in [1.807, 2.05) is 24.3 Å². The van der Waals surface area contributed by atoms with Crippen LogP contribution in [0.3, 0.4) is 0 Å². The molecule has 0 aromatic heterocycles. The highest BCUT2D eigenvalue weighted by Crippen LogP contribution is 2.14. The summed E-state index contributed by atoms with van der Waals surface area (Å²) in [6.07, 6.45) is 6.42. The molecule has 0 bridgehead atoms. The van der Waals surface area contributed by atoms with Gasteiger partial charge in [0.2, 0.25) is 5.91 Å². The van der Waals surface area contributed by atoms with Crippen molar-refractivity contribution in [2.45, 2.75) is 52.9 Å². The molecule has 2 aromatic rings. The quantitative estimate of drug-likeness (QED) is 0.280. The number of amides is 2. The van der Waals surface area contributed by atoms with Crippen molar-refractivity contribution in [2.75, 3.05) is 23.3 Å². The lowest BCUT2D eigenvalue weighted by Crippen LogP contribution is -2.21. The van der Waals surface area contributed by atoms with Gasteiger partial charge in [-0.25, -0.2) is 5.43 Å². The summed E-state index contributed by atoms with van der Waals surface area (Å²) in [4.78, 5) is 26.5. The molecule has 0 aliphatic rings. The Kier molecular flexibility index (Phi) is 10.3. The summed E-state index contributed by atoms with van der Waals surface area (Å²) >= 11 is 0. The maximum atomic E-state index is 12.3. The van der Waals surface area contributed by atoms with Crippen LogP contribution in [0.25, 0.3) is 0 Å². The molecule has 0 radical (unpaired) electrons. The molecule has 0 unspecified atom stereocenters. The Morgan fingerprint density at radius 1 is 0.903 bits per heavy atom. The number of hydrogen-bond donors (Lipinski definition) is 2. The van der Waals surface area contributed by atoms with E-state index in [1.54, 1.807) is 30.5 Å². The van der Waals surface area contributed by atoms with Gasteiger partial charge in [-0.2, -0.15) is 5.10 Å². The van der Waals surface area contributed by atoms with E-state index in [0.717, 1.165) is 44.3 Å². The largest absolute Gasteiger partial charge is 0.372 e. The van der Waals surface area contributed by atoms with Crippen LogP contribution in [0.2, 0.25) is 0 Å². The first kappa shape index (κ1) is 24.1. The zero-order valence-electron chi connectivity index (χ0n) is 18.9. The molecule has 0 fully saturated rings. The highest BCUT2D eigenvalue weighted by atomic mass is 16.2. The van der Waals surface area contributed by atoms with Gasteiger partial charge in [0.25, 0.3) is 5.91 Å². The first-order chi connectivity index (χ1) is 15.1. The fraction of sp³-hybridized carbons (Fsp3) is 0.400. The van der Waals surface area contributed by atoms with Gasteiger partial charge in [0.15, 0.2) is 0 Å². The molecular weight excluding hydrogens is 388 g/mol. The van der Waals surface area contributed by atoms with Crippen molar-refractivity contribution in [1.82, 2.24) is 5.43 Å². The van der Waals surface area contributed by atoms with Crippen molar-refractivity contribution >= 4 is 29.4 Å². The zero-order chi connectivity index (χ0) is 22.5. The molecule has 0 spiro atoms. The molecule has 0 aliphatic carbocycles. The van der Waals surface area contributed by atoms with Gasteiger partial charge >= 0.3 is 0 Å². The van der Waals surface area contributed by atoms with Crippen LogP contribution < -0.4 is 15.6 Å². The second kappa shape index (κ2) is 13.2. The summed E-state index contributed by atoms with van der Waals surface area (Å²) in [6, 6.07) is 14.9. The third-order valence-electron chi connectivity index (χ3n) is 5.09. The predicted molar refractivity (Wildman–Crippen MR) is 129 cm³/mol. The second-order valence-electron chi connectivity index (χ2n) is 7.40. The monoisotopic (exact) mass is 422 g/mol. The summed E-state index contributed by atoms with van der Waals surface area (Å²) in [6.45, 7) is 8.32. The van der Waals surface area contributed by atoms with E-state index in [4.69, 9.17) is 0 Å². The normalized spacial score (nSPS) is 10.8. The van der Waals surface area contributed by atoms with Gasteiger partial charge in [-0.05, 0) is 62.2 Å². The standard InChI is InChI=1S/C25H34N4O2/c1-4-7-8-9-10-24(30)27-22-15-13-21(14-16-22)25(31)28-26-19-20-11-17-23(18-12-20)29(5-2)6-3/h11-19H,4-10H2,1-3H3,(H,27,30)(H,28,31). The summed E-state index contributed by atoms with van der Waals surface area (Å²) in [5.74, 6) is -0.293.